The highest BCUT2D eigenvalue weighted by molar-refractivity contribution is 5.93. The molecule has 0 bridgehead atoms. The minimum Gasteiger partial charge on any atom is -0.497 e. The van der Waals surface area contributed by atoms with Crippen LogP contribution in [0.2, 0.25) is 0 Å². The van der Waals surface area contributed by atoms with Gasteiger partial charge in [-0.25, -0.2) is 18.9 Å². The largest absolute Gasteiger partial charge is 0.497 e. The van der Waals surface area contributed by atoms with E-state index in [0.29, 0.717) is 28.5 Å². The summed E-state index contributed by atoms with van der Waals surface area (Å²) in [4.78, 5) is 41.1. The summed E-state index contributed by atoms with van der Waals surface area (Å²) in [6, 6.07) is 15.8. The molecule has 0 radical (unpaired) electrons. The maximum atomic E-state index is 12.8. The van der Waals surface area contributed by atoms with E-state index in [-0.39, 0.29) is 12.5 Å². The van der Waals surface area contributed by atoms with Crippen molar-refractivity contribution in [2.24, 2.45) is 0 Å². The van der Waals surface area contributed by atoms with Gasteiger partial charge in [-0.1, -0.05) is 6.07 Å². The third-order valence-corrected chi connectivity index (χ3v) is 4.88. The first kappa shape index (κ1) is 21.8. The average Bonchev–Trinajstić information content (AvgIpc) is 3.09. The van der Waals surface area contributed by atoms with E-state index in [2.05, 4.69) is 20.7 Å². The highest BCUT2D eigenvalue weighted by Crippen LogP contribution is 2.22. The molecule has 4 rings (SSSR count). The number of benzene rings is 2. The minimum atomic E-state index is -0.460. The van der Waals surface area contributed by atoms with E-state index in [1.165, 1.54) is 11.3 Å². The standard InChI is InChI=1S/C23H22N6O4/c1-14-24-20(16-7-9-19(33-3)10-8-16)12-21-27-28(23(32)29(14)21)13-22(31)26-18-6-4-5-17(11-18)25-15(2)30/h4-12H,13H2,1-3H3,(H,25,30)(H,26,31). The van der Waals surface area contributed by atoms with Crippen LogP contribution in [0.4, 0.5) is 11.4 Å². The van der Waals surface area contributed by atoms with Crippen molar-refractivity contribution in [3.63, 3.8) is 0 Å². The monoisotopic (exact) mass is 446 g/mol. The lowest BCUT2D eigenvalue weighted by molar-refractivity contribution is -0.117. The molecule has 0 saturated carbocycles. The number of aromatic nitrogens is 4. The van der Waals surface area contributed by atoms with Gasteiger partial charge in [0.2, 0.25) is 11.8 Å². The Labute approximate surface area is 188 Å². The van der Waals surface area contributed by atoms with Gasteiger partial charge in [0.15, 0.2) is 5.65 Å². The molecule has 168 valence electrons. The van der Waals surface area contributed by atoms with Gasteiger partial charge in [-0.3, -0.25) is 9.59 Å². The van der Waals surface area contributed by atoms with Crippen LogP contribution in [0.15, 0.2) is 59.4 Å². The first-order valence-corrected chi connectivity index (χ1v) is 10.1. The quantitative estimate of drug-likeness (QED) is 0.470. The lowest BCUT2D eigenvalue weighted by Crippen LogP contribution is -2.28. The first-order valence-electron chi connectivity index (χ1n) is 10.1. The number of nitrogens with zero attached hydrogens (tertiary/aromatic N) is 4. The maximum absolute atomic E-state index is 12.8. The number of fused-ring (bicyclic) bond motifs is 1. The normalized spacial score (nSPS) is 10.8. The number of carbonyl (C=O) groups is 2. The second-order valence-electron chi connectivity index (χ2n) is 7.36. The lowest BCUT2D eigenvalue weighted by Gasteiger charge is -2.07. The van der Waals surface area contributed by atoms with Crippen LogP contribution >= 0.6 is 0 Å². The molecule has 2 amide bonds. The van der Waals surface area contributed by atoms with E-state index < -0.39 is 11.6 Å². The summed E-state index contributed by atoms with van der Waals surface area (Å²) < 4.78 is 7.63. The Balaban J connectivity index is 1.57. The van der Waals surface area contributed by atoms with Gasteiger partial charge in [0.1, 0.15) is 18.1 Å². The van der Waals surface area contributed by atoms with Gasteiger partial charge >= 0.3 is 5.69 Å². The fraction of sp³-hybridized carbons (Fsp3) is 0.174. The Hall–Kier alpha value is -4.47. The molecular formula is C23H22N6O4. The molecule has 33 heavy (non-hydrogen) atoms. The van der Waals surface area contributed by atoms with Gasteiger partial charge in [0.25, 0.3) is 0 Å². The zero-order valence-electron chi connectivity index (χ0n) is 18.3. The summed E-state index contributed by atoms with van der Waals surface area (Å²) in [5.41, 5.74) is 2.47. The molecule has 0 fully saturated rings. The highest BCUT2D eigenvalue weighted by Gasteiger charge is 2.15. The molecule has 2 aromatic heterocycles. The molecule has 10 heteroatoms. The molecule has 0 atom stereocenters. The Bertz CT molecular complexity index is 1400. The van der Waals surface area contributed by atoms with Gasteiger partial charge in [-0.05, 0) is 49.4 Å². The van der Waals surface area contributed by atoms with Crippen LogP contribution in [0, 0.1) is 6.92 Å². The molecule has 2 heterocycles. The SMILES string of the molecule is COc1ccc(-c2cc3nn(CC(=O)Nc4cccc(NC(C)=O)c4)c(=O)n3c(C)n2)cc1. The molecule has 4 aromatic rings. The Morgan fingerprint density at radius 1 is 1.03 bits per heavy atom. The van der Waals surface area contributed by atoms with Crippen molar-refractivity contribution in [3.05, 3.63) is 70.9 Å². The van der Waals surface area contributed by atoms with Gasteiger partial charge in [-0.2, -0.15) is 0 Å². The number of aryl methyl sites for hydroxylation is 1. The summed E-state index contributed by atoms with van der Waals surface area (Å²) >= 11 is 0. The fourth-order valence-electron chi connectivity index (χ4n) is 3.43. The van der Waals surface area contributed by atoms with Crippen molar-refractivity contribution in [1.29, 1.82) is 0 Å². The topological polar surface area (TPSA) is 120 Å². The zero-order chi connectivity index (χ0) is 23.5. The summed E-state index contributed by atoms with van der Waals surface area (Å²) in [7, 11) is 1.60. The third-order valence-electron chi connectivity index (χ3n) is 4.88. The lowest BCUT2D eigenvalue weighted by atomic mass is 10.1. The second kappa shape index (κ2) is 8.95. The molecule has 0 aliphatic carbocycles. The van der Waals surface area contributed by atoms with Crippen LogP contribution in [-0.2, 0) is 16.1 Å². The number of methoxy groups -OCH3 is 1. The van der Waals surface area contributed by atoms with Gasteiger partial charge in [-0.15, -0.1) is 5.10 Å². The van der Waals surface area contributed by atoms with Crippen LogP contribution in [0.1, 0.15) is 12.7 Å². The molecule has 2 N–H and O–H groups in total. The predicted molar refractivity (Wildman–Crippen MR) is 123 cm³/mol. The van der Waals surface area contributed by atoms with Gasteiger partial charge in [0.05, 0.1) is 12.8 Å². The van der Waals surface area contributed by atoms with Crippen LogP contribution in [0.3, 0.4) is 0 Å². The molecule has 0 spiro atoms. The van der Waals surface area contributed by atoms with Crippen LogP contribution < -0.4 is 21.1 Å². The number of rotatable bonds is 6. The van der Waals surface area contributed by atoms with Crippen molar-refractivity contribution < 1.29 is 14.3 Å². The van der Waals surface area contributed by atoms with Gasteiger partial charge < -0.3 is 15.4 Å². The van der Waals surface area contributed by atoms with Gasteiger partial charge in [0, 0.05) is 29.9 Å². The maximum Gasteiger partial charge on any atom is 0.352 e. The van der Waals surface area contributed by atoms with Crippen LogP contribution in [0.5, 0.6) is 5.75 Å². The highest BCUT2D eigenvalue weighted by atomic mass is 16.5. The van der Waals surface area contributed by atoms with Crippen molar-refractivity contribution in [3.8, 4) is 17.0 Å². The van der Waals surface area contributed by atoms with E-state index >= 15 is 0 Å². The molecule has 0 saturated heterocycles. The zero-order valence-corrected chi connectivity index (χ0v) is 18.3. The molecule has 0 aliphatic rings. The summed E-state index contributed by atoms with van der Waals surface area (Å²) in [6.07, 6.45) is 0. The Kier molecular flexibility index (Phi) is 5.90. The Morgan fingerprint density at radius 2 is 1.73 bits per heavy atom. The summed E-state index contributed by atoms with van der Waals surface area (Å²) in [5, 5.41) is 9.68. The van der Waals surface area contributed by atoms with E-state index in [1.54, 1.807) is 44.4 Å². The van der Waals surface area contributed by atoms with Crippen LogP contribution in [-0.4, -0.2) is 38.1 Å². The molecular weight excluding hydrogens is 424 g/mol. The number of amides is 2. The van der Waals surface area contributed by atoms with E-state index in [4.69, 9.17) is 4.74 Å². The van der Waals surface area contributed by atoms with Crippen LogP contribution in [0.25, 0.3) is 16.9 Å². The number of ether oxygens (including phenoxy) is 1. The number of carbonyl (C=O) groups excluding carboxylic acids is 2. The minimum absolute atomic E-state index is 0.215. The van der Waals surface area contributed by atoms with E-state index in [1.807, 2.05) is 24.3 Å². The summed E-state index contributed by atoms with van der Waals surface area (Å²) in [5.74, 6) is 0.540. The van der Waals surface area contributed by atoms with E-state index in [9.17, 15) is 14.4 Å². The van der Waals surface area contributed by atoms with Crippen molar-refractivity contribution in [2.45, 2.75) is 20.4 Å². The second-order valence-corrected chi connectivity index (χ2v) is 7.36. The molecule has 0 aliphatic heterocycles. The fourth-order valence-corrected chi connectivity index (χ4v) is 3.43. The first-order chi connectivity index (χ1) is 15.8. The summed E-state index contributed by atoms with van der Waals surface area (Å²) in [6.45, 7) is 2.83. The number of hydrogen-bond acceptors (Lipinski definition) is 6. The predicted octanol–water partition coefficient (Wildman–Crippen LogP) is 2.47. The third kappa shape index (κ3) is 4.74. The number of anilines is 2. The molecule has 2 aromatic carbocycles. The average molecular weight is 446 g/mol. The van der Waals surface area contributed by atoms with Crippen molar-refractivity contribution in [1.82, 2.24) is 19.2 Å². The van der Waals surface area contributed by atoms with Crippen molar-refractivity contribution >= 4 is 28.8 Å². The Morgan fingerprint density at radius 3 is 2.39 bits per heavy atom. The smallest absolute Gasteiger partial charge is 0.352 e. The number of nitrogens with one attached hydrogen (secondary N) is 2. The van der Waals surface area contributed by atoms with Crippen molar-refractivity contribution in [2.75, 3.05) is 17.7 Å². The molecule has 0 unspecified atom stereocenters. The van der Waals surface area contributed by atoms with E-state index in [0.717, 1.165) is 16.0 Å². The molecule has 10 nitrogen and oxygen atoms in total. The number of hydrogen-bond donors (Lipinski definition) is 2.